The molecule has 1 aromatic carbocycles. The summed E-state index contributed by atoms with van der Waals surface area (Å²) in [6, 6.07) is 9.59. The maximum Gasteiger partial charge on any atom is 0.168 e. The number of aryl methyl sites for hydroxylation is 1. The van der Waals surface area contributed by atoms with Gasteiger partial charge in [0.1, 0.15) is 5.69 Å². The van der Waals surface area contributed by atoms with E-state index in [1.807, 2.05) is 24.3 Å². The highest BCUT2D eigenvalue weighted by atomic mass is 79.9. The summed E-state index contributed by atoms with van der Waals surface area (Å²) in [5.41, 5.74) is 2.39. The number of hydrogen-bond donors (Lipinski definition) is 0. The Morgan fingerprint density at radius 2 is 2.00 bits per heavy atom. The van der Waals surface area contributed by atoms with Gasteiger partial charge in [0.25, 0.3) is 0 Å². The van der Waals surface area contributed by atoms with Gasteiger partial charge in [-0.15, -0.1) is 0 Å². The van der Waals surface area contributed by atoms with Gasteiger partial charge in [0.2, 0.25) is 0 Å². The van der Waals surface area contributed by atoms with Gasteiger partial charge >= 0.3 is 0 Å². The molecule has 1 aromatic heterocycles. The Labute approximate surface area is 95.9 Å². The predicted molar refractivity (Wildman–Crippen MR) is 61.7 cm³/mol. The second-order valence-electron chi connectivity index (χ2n) is 3.20. The van der Waals surface area contributed by atoms with E-state index < -0.39 is 0 Å². The van der Waals surface area contributed by atoms with E-state index in [9.17, 15) is 4.79 Å². The van der Waals surface area contributed by atoms with Crippen LogP contribution in [0.15, 0.2) is 34.8 Å². The third-order valence-corrected chi connectivity index (χ3v) is 2.71. The van der Waals surface area contributed by atoms with Gasteiger partial charge in [-0.25, -0.2) is 0 Å². The predicted octanol–water partition coefficient (Wildman–Crippen LogP) is 2.66. The van der Waals surface area contributed by atoms with Gasteiger partial charge < -0.3 is 0 Å². The van der Waals surface area contributed by atoms with Crippen molar-refractivity contribution in [1.82, 2.24) is 9.78 Å². The van der Waals surface area contributed by atoms with Crippen LogP contribution in [-0.2, 0) is 7.05 Å². The number of benzene rings is 1. The molecule has 0 saturated heterocycles. The molecule has 0 bridgehead atoms. The smallest absolute Gasteiger partial charge is 0.168 e. The Morgan fingerprint density at radius 1 is 1.33 bits per heavy atom. The first-order chi connectivity index (χ1) is 7.20. The highest BCUT2D eigenvalue weighted by Gasteiger charge is 2.05. The molecule has 0 atom stereocenters. The lowest BCUT2D eigenvalue weighted by Crippen LogP contribution is -1.95. The Morgan fingerprint density at radius 3 is 2.53 bits per heavy atom. The van der Waals surface area contributed by atoms with E-state index >= 15 is 0 Å². The molecular weight excluding hydrogens is 256 g/mol. The Kier molecular flexibility index (Phi) is 2.68. The first-order valence-electron chi connectivity index (χ1n) is 4.46. The Bertz CT molecular complexity index is 488. The van der Waals surface area contributed by atoms with Crippen LogP contribution in [0.5, 0.6) is 0 Å². The Balaban J connectivity index is 2.45. The molecule has 76 valence electrons. The number of rotatable bonds is 2. The van der Waals surface area contributed by atoms with Gasteiger partial charge in [-0.2, -0.15) is 5.10 Å². The van der Waals surface area contributed by atoms with Crippen LogP contribution >= 0.6 is 15.9 Å². The number of aldehydes is 1. The summed E-state index contributed by atoms with van der Waals surface area (Å²) < 4.78 is 2.60. The zero-order valence-corrected chi connectivity index (χ0v) is 9.73. The van der Waals surface area contributed by atoms with Crippen molar-refractivity contribution < 1.29 is 4.79 Å². The van der Waals surface area contributed by atoms with Crippen molar-refractivity contribution in [1.29, 1.82) is 0 Å². The number of carbonyl (C=O) groups excluding carboxylic acids is 1. The van der Waals surface area contributed by atoms with Gasteiger partial charge in [0.15, 0.2) is 6.29 Å². The maximum absolute atomic E-state index is 10.7. The molecule has 3 nitrogen and oxygen atoms in total. The van der Waals surface area contributed by atoms with Gasteiger partial charge in [0, 0.05) is 17.1 Å². The quantitative estimate of drug-likeness (QED) is 0.782. The zero-order valence-electron chi connectivity index (χ0n) is 8.14. The highest BCUT2D eigenvalue weighted by molar-refractivity contribution is 9.10. The van der Waals surface area contributed by atoms with Crippen molar-refractivity contribution in [3.05, 3.63) is 40.5 Å². The standard InChI is InChI=1S/C11H9BrN2O/c1-14-10(7-15)6-11(13-14)8-2-4-9(12)5-3-8/h2-7H,1H3. The first kappa shape index (κ1) is 10.1. The van der Waals surface area contributed by atoms with Crippen molar-refractivity contribution in [2.45, 2.75) is 0 Å². The molecule has 0 amide bonds. The molecule has 1 heterocycles. The third kappa shape index (κ3) is 1.99. The van der Waals surface area contributed by atoms with Crippen molar-refractivity contribution in [3.63, 3.8) is 0 Å². The topological polar surface area (TPSA) is 34.9 Å². The second-order valence-corrected chi connectivity index (χ2v) is 4.12. The molecule has 0 N–H and O–H groups in total. The van der Waals surface area contributed by atoms with E-state index in [1.165, 1.54) is 0 Å². The van der Waals surface area contributed by atoms with Gasteiger partial charge in [-0.05, 0) is 18.2 Å². The van der Waals surface area contributed by atoms with Crippen molar-refractivity contribution in [2.75, 3.05) is 0 Å². The van der Waals surface area contributed by atoms with E-state index in [1.54, 1.807) is 17.8 Å². The van der Waals surface area contributed by atoms with Gasteiger partial charge in [0.05, 0.1) is 5.69 Å². The normalized spacial score (nSPS) is 10.3. The fourth-order valence-electron chi connectivity index (χ4n) is 1.35. The molecule has 15 heavy (non-hydrogen) atoms. The number of nitrogens with zero attached hydrogens (tertiary/aromatic N) is 2. The second kappa shape index (κ2) is 3.98. The maximum atomic E-state index is 10.7. The van der Waals surface area contributed by atoms with Crippen LogP contribution < -0.4 is 0 Å². The number of hydrogen-bond acceptors (Lipinski definition) is 2. The summed E-state index contributed by atoms with van der Waals surface area (Å²) in [4.78, 5) is 10.7. The van der Waals surface area contributed by atoms with E-state index in [-0.39, 0.29) is 0 Å². The molecule has 0 aliphatic rings. The molecule has 0 unspecified atom stereocenters. The van der Waals surface area contributed by atoms with Crippen molar-refractivity contribution >= 4 is 22.2 Å². The summed E-state index contributed by atoms with van der Waals surface area (Å²) in [6.45, 7) is 0. The molecule has 0 aliphatic carbocycles. The zero-order chi connectivity index (χ0) is 10.8. The fraction of sp³-hybridized carbons (Fsp3) is 0.0909. The average Bonchev–Trinajstić information content (AvgIpc) is 2.61. The lowest BCUT2D eigenvalue weighted by atomic mass is 10.1. The van der Waals surface area contributed by atoms with Crippen LogP contribution in [0.1, 0.15) is 10.5 Å². The minimum Gasteiger partial charge on any atom is -0.296 e. The minimum absolute atomic E-state index is 0.577. The molecule has 2 aromatic rings. The minimum atomic E-state index is 0.577. The molecule has 4 heteroatoms. The van der Waals surface area contributed by atoms with E-state index in [2.05, 4.69) is 21.0 Å². The monoisotopic (exact) mass is 264 g/mol. The fourth-order valence-corrected chi connectivity index (χ4v) is 1.62. The average molecular weight is 265 g/mol. The van der Waals surface area contributed by atoms with Crippen LogP contribution in [-0.4, -0.2) is 16.1 Å². The summed E-state index contributed by atoms with van der Waals surface area (Å²) >= 11 is 3.37. The number of carbonyl (C=O) groups is 1. The largest absolute Gasteiger partial charge is 0.296 e. The van der Waals surface area contributed by atoms with Crippen LogP contribution in [0.4, 0.5) is 0 Å². The van der Waals surface area contributed by atoms with E-state index in [0.29, 0.717) is 5.69 Å². The summed E-state index contributed by atoms with van der Waals surface area (Å²) in [7, 11) is 1.76. The summed E-state index contributed by atoms with van der Waals surface area (Å²) in [6.07, 6.45) is 0.801. The molecule has 2 rings (SSSR count). The molecule has 0 fully saturated rings. The molecule has 0 radical (unpaired) electrons. The lowest BCUT2D eigenvalue weighted by molar-refractivity contribution is 0.111. The van der Waals surface area contributed by atoms with Crippen molar-refractivity contribution in [2.24, 2.45) is 7.05 Å². The van der Waals surface area contributed by atoms with E-state index in [0.717, 1.165) is 22.0 Å². The van der Waals surface area contributed by atoms with Crippen LogP contribution in [0.25, 0.3) is 11.3 Å². The SMILES string of the molecule is Cn1nc(-c2ccc(Br)cc2)cc1C=O. The molecule has 0 saturated carbocycles. The van der Waals surface area contributed by atoms with Crippen LogP contribution in [0, 0.1) is 0 Å². The van der Waals surface area contributed by atoms with E-state index in [4.69, 9.17) is 0 Å². The number of halogens is 1. The molecular formula is C11H9BrN2O. The van der Waals surface area contributed by atoms with Crippen LogP contribution in [0.3, 0.4) is 0 Å². The first-order valence-corrected chi connectivity index (χ1v) is 5.25. The van der Waals surface area contributed by atoms with Gasteiger partial charge in [-0.3, -0.25) is 9.48 Å². The van der Waals surface area contributed by atoms with Crippen LogP contribution in [0.2, 0.25) is 0 Å². The lowest BCUT2D eigenvalue weighted by Gasteiger charge is -1.95. The molecule has 0 spiro atoms. The Hall–Kier alpha value is -1.42. The summed E-state index contributed by atoms with van der Waals surface area (Å²) in [5, 5.41) is 4.25. The summed E-state index contributed by atoms with van der Waals surface area (Å²) in [5.74, 6) is 0. The third-order valence-electron chi connectivity index (χ3n) is 2.18. The highest BCUT2D eigenvalue weighted by Crippen LogP contribution is 2.20. The van der Waals surface area contributed by atoms with Gasteiger partial charge in [-0.1, -0.05) is 28.1 Å². The molecule has 0 aliphatic heterocycles. The van der Waals surface area contributed by atoms with Crippen molar-refractivity contribution in [3.8, 4) is 11.3 Å². The number of aromatic nitrogens is 2.